The molecule has 2 amide bonds. The van der Waals surface area contributed by atoms with Gasteiger partial charge in [-0.1, -0.05) is 30.3 Å². The van der Waals surface area contributed by atoms with Gasteiger partial charge in [0.1, 0.15) is 0 Å². The van der Waals surface area contributed by atoms with Crippen molar-refractivity contribution in [1.29, 1.82) is 0 Å². The maximum absolute atomic E-state index is 12.3. The van der Waals surface area contributed by atoms with Gasteiger partial charge in [0.15, 0.2) is 0 Å². The van der Waals surface area contributed by atoms with Crippen molar-refractivity contribution >= 4 is 11.8 Å². The fraction of sp³-hybridized carbons (Fsp3) is 0.500. The first-order chi connectivity index (χ1) is 9.68. The van der Waals surface area contributed by atoms with Crippen LogP contribution >= 0.6 is 0 Å². The third-order valence-corrected chi connectivity index (χ3v) is 3.56. The smallest absolute Gasteiger partial charge is 0.227 e. The van der Waals surface area contributed by atoms with Crippen molar-refractivity contribution in [2.75, 3.05) is 13.1 Å². The van der Waals surface area contributed by atoms with E-state index in [1.165, 1.54) is 6.92 Å². The Morgan fingerprint density at radius 2 is 1.80 bits per heavy atom. The number of hydrogen-bond donors (Lipinski definition) is 2. The predicted molar refractivity (Wildman–Crippen MR) is 78.2 cm³/mol. The summed E-state index contributed by atoms with van der Waals surface area (Å²) in [7, 11) is 0. The number of carbonyl (C=O) groups is 2. The number of carbonyl (C=O) groups excluding carboxylic acids is 2. The molecular weight excluding hydrogens is 252 g/mol. The third kappa shape index (κ3) is 4.37. The van der Waals surface area contributed by atoms with Crippen LogP contribution in [0.15, 0.2) is 30.3 Å². The van der Waals surface area contributed by atoms with Crippen molar-refractivity contribution in [3.05, 3.63) is 35.9 Å². The van der Waals surface area contributed by atoms with Gasteiger partial charge in [-0.15, -0.1) is 0 Å². The monoisotopic (exact) mass is 274 g/mol. The minimum Gasteiger partial charge on any atom is -0.356 e. The van der Waals surface area contributed by atoms with E-state index in [9.17, 15) is 9.59 Å². The van der Waals surface area contributed by atoms with Gasteiger partial charge in [-0.05, 0) is 30.7 Å². The molecule has 1 atom stereocenters. The number of hydrogen-bond acceptors (Lipinski definition) is 2. The highest BCUT2D eigenvalue weighted by molar-refractivity contribution is 5.84. The predicted octanol–water partition coefficient (Wildman–Crippen LogP) is 1.82. The molecule has 1 aromatic rings. The van der Waals surface area contributed by atoms with Crippen LogP contribution in [-0.2, 0) is 9.59 Å². The molecule has 1 fully saturated rings. The molecule has 108 valence electrons. The highest BCUT2D eigenvalue weighted by Gasteiger charge is 2.36. The van der Waals surface area contributed by atoms with Crippen molar-refractivity contribution in [2.45, 2.75) is 32.1 Å². The zero-order valence-electron chi connectivity index (χ0n) is 11.9. The lowest BCUT2D eigenvalue weighted by Gasteiger charge is -2.16. The topological polar surface area (TPSA) is 58.2 Å². The zero-order chi connectivity index (χ0) is 14.4. The molecule has 2 rings (SSSR count). The van der Waals surface area contributed by atoms with Crippen molar-refractivity contribution in [1.82, 2.24) is 10.6 Å². The van der Waals surface area contributed by atoms with Crippen LogP contribution in [0.3, 0.4) is 0 Å². The molecule has 1 aliphatic carbocycles. The number of amides is 2. The van der Waals surface area contributed by atoms with Gasteiger partial charge in [0, 0.05) is 20.0 Å². The van der Waals surface area contributed by atoms with Crippen molar-refractivity contribution in [2.24, 2.45) is 5.92 Å². The Kier molecular flexibility index (Phi) is 5.16. The first-order valence-electron chi connectivity index (χ1n) is 7.25. The lowest BCUT2D eigenvalue weighted by molar-refractivity contribution is -0.123. The maximum atomic E-state index is 12.3. The fourth-order valence-electron chi connectivity index (χ4n) is 2.40. The molecule has 0 radical (unpaired) electrons. The summed E-state index contributed by atoms with van der Waals surface area (Å²) in [5, 5.41) is 5.71. The molecule has 0 aliphatic heterocycles. The number of benzene rings is 1. The van der Waals surface area contributed by atoms with Gasteiger partial charge in [-0.2, -0.15) is 0 Å². The average Bonchev–Trinajstić information content (AvgIpc) is 3.24. The first kappa shape index (κ1) is 14.6. The van der Waals surface area contributed by atoms with Crippen molar-refractivity contribution < 1.29 is 9.59 Å². The van der Waals surface area contributed by atoms with Crippen molar-refractivity contribution in [3.8, 4) is 0 Å². The Hall–Kier alpha value is -1.84. The van der Waals surface area contributed by atoms with Gasteiger partial charge in [0.05, 0.1) is 5.92 Å². The molecule has 0 bridgehead atoms. The second kappa shape index (κ2) is 7.08. The molecule has 2 N–H and O–H groups in total. The summed E-state index contributed by atoms with van der Waals surface area (Å²) in [6.45, 7) is 2.71. The van der Waals surface area contributed by atoms with E-state index in [1.807, 2.05) is 30.3 Å². The van der Waals surface area contributed by atoms with Gasteiger partial charge in [0.25, 0.3) is 0 Å². The van der Waals surface area contributed by atoms with Crippen LogP contribution < -0.4 is 10.6 Å². The highest BCUT2D eigenvalue weighted by atomic mass is 16.2. The Labute approximate surface area is 119 Å². The molecule has 0 heterocycles. The Bertz CT molecular complexity index is 455. The van der Waals surface area contributed by atoms with E-state index in [-0.39, 0.29) is 17.7 Å². The van der Waals surface area contributed by atoms with Gasteiger partial charge in [0.2, 0.25) is 11.8 Å². The summed E-state index contributed by atoms with van der Waals surface area (Å²) in [6, 6.07) is 9.99. The summed E-state index contributed by atoms with van der Waals surface area (Å²) < 4.78 is 0. The number of rotatable bonds is 7. The van der Waals surface area contributed by atoms with Crippen LogP contribution in [0.25, 0.3) is 0 Å². The van der Waals surface area contributed by atoms with E-state index in [0.29, 0.717) is 19.0 Å². The van der Waals surface area contributed by atoms with Crippen LogP contribution in [0, 0.1) is 5.92 Å². The Morgan fingerprint density at radius 1 is 1.15 bits per heavy atom. The molecule has 1 aromatic carbocycles. The number of nitrogens with one attached hydrogen (secondary N) is 2. The third-order valence-electron chi connectivity index (χ3n) is 3.56. The minimum absolute atomic E-state index is 0.0167. The van der Waals surface area contributed by atoms with Crippen LogP contribution in [-0.4, -0.2) is 24.9 Å². The molecule has 4 heteroatoms. The molecule has 0 spiro atoms. The van der Waals surface area contributed by atoms with Gasteiger partial charge in [-0.3, -0.25) is 9.59 Å². The minimum atomic E-state index is -0.0310. The summed E-state index contributed by atoms with van der Waals surface area (Å²) in [6.07, 6.45) is 3.04. The molecule has 0 aromatic heterocycles. The van der Waals surface area contributed by atoms with Crippen molar-refractivity contribution in [3.63, 3.8) is 0 Å². The van der Waals surface area contributed by atoms with Gasteiger partial charge < -0.3 is 10.6 Å². The van der Waals surface area contributed by atoms with Crippen LogP contribution in [0.4, 0.5) is 0 Å². The zero-order valence-corrected chi connectivity index (χ0v) is 11.9. The highest BCUT2D eigenvalue weighted by Crippen LogP contribution is 2.42. The summed E-state index contributed by atoms with van der Waals surface area (Å²) in [4.78, 5) is 23.1. The standard InChI is InChI=1S/C16H22N2O2/c1-12(19)17-10-5-11-18-16(20)15(14-8-9-14)13-6-3-2-4-7-13/h2-4,6-7,14-15H,5,8-11H2,1H3,(H,17,19)(H,18,20). The SMILES string of the molecule is CC(=O)NCCCNC(=O)C(c1ccccc1)C1CC1. The molecule has 4 nitrogen and oxygen atoms in total. The van der Waals surface area contributed by atoms with Crippen LogP contribution in [0.5, 0.6) is 0 Å². The maximum Gasteiger partial charge on any atom is 0.227 e. The second-order valence-electron chi connectivity index (χ2n) is 5.35. The molecular formula is C16H22N2O2. The Morgan fingerprint density at radius 3 is 2.40 bits per heavy atom. The molecule has 1 unspecified atom stereocenters. The molecule has 20 heavy (non-hydrogen) atoms. The second-order valence-corrected chi connectivity index (χ2v) is 5.35. The van der Waals surface area contributed by atoms with E-state index in [1.54, 1.807) is 0 Å². The van der Waals surface area contributed by atoms with E-state index in [2.05, 4.69) is 10.6 Å². The molecule has 1 aliphatic rings. The summed E-state index contributed by atoms with van der Waals surface area (Å²) in [5.74, 6) is 0.558. The quantitative estimate of drug-likeness (QED) is 0.745. The van der Waals surface area contributed by atoms with E-state index in [4.69, 9.17) is 0 Å². The summed E-state index contributed by atoms with van der Waals surface area (Å²) in [5.41, 5.74) is 1.11. The fourth-order valence-corrected chi connectivity index (χ4v) is 2.40. The average molecular weight is 274 g/mol. The molecule has 0 saturated heterocycles. The summed E-state index contributed by atoms with van der Waals surface area (Å²) >= 11 is 0. The van der Waals surface area contributed by atoms with E-state index >= 15 is 0 Å². The van der Waals surface area contributed by atoms with Gasteiger partial charge in [-0.25, -0.2) is 0 Å². The lowest BCUT2D eigenvalue weighted by Crippen LogP contribution is -2.33. The van der Waals surface area contributed by atoms with Crippen LogP contribution in [0.1, 0.15) is 37.7 Å². The Balaban J connectivity index is 1.81. The largest absolute Gasteiger partial charge is 0.356 e. The normalized spacial score (nSPS) is 15.4. The first-order valence-corrected chi connectivity index (χ1v) is 7.25. The van der Waals surface area contributed by atoms with E-state index < -0.39 is 0 Å². The lowest BCUT2D eigenvalue weighted by atomic mass is 9.93. The van der Waals surface area contributed by atoms with Crippen LogP contribution in [0.2, 0.25) is 0 Å². The van der Waals surface area contributed by atoms with Gasteiger partial charge >= 0.3 is 0 Å². The molecule has 1 saturated carbocycles. The van der Waals surface area contributed by atoms with E-state index in [0.717, 1.165) is 24.8 Å².